The van der Waals surface area contributed by atoms with Gasteiger partial charge in [-0.15, -0.1) is 0 Å². The lowest BCUT2D eigenvalue weighted by Gasteiger charge is -2.01. The summed E-state index contributed by atoms with van der Waals surface area (Å²) in [5.41, 5.74) is 0.581. The lowest BCUT2D eigenvalue weighted by molar-refractivity contribution is 1.16. The molecule has 0 saturated heterocycles. The number of hydrogen-bond donors (Lipinski definition) is 1. The first-order valence-corrected chi connectivity index (χ1v) is 5.04. The summed E-state index contributed by atoms with van der Waals surface area (Å²) in [6.07, 6.45) is 1.70. The van der Waals surface area contributed by atoms with Crippen LogP contribution >= 0.6 is 27.5 Å². The van der Waals surface area contributed by atoms with E-state index in [4.69, 9.17) is 11.6 Å². The minimum absolute atomic E-state index is 0.401. The highest BCUT2D eigenvalue weighted by Crippen LogP contribution is 2.23. The molecule has 6 heteroatoms. The van der Waals surface area contributed by atoms with Gasteiger partial charge in [0, 0.05) is 18.6 Å². The fourth-order valence-corrected chi connectivity index (χ4v) is 1.51. The molecule has 0 aliphatic heterocycles. The molecule has 72 valence electrons. The molecule has 1 N–H and O–H groups in total. The quantitative estimate of drug-likeness (QED) is 0.811. The van der Waals surface area contributed by atoms with Crippen LogP contribution in [0.4, 0.5) is 5.95 Å². The van der Waals surface area contributed by atoms with Crippen LogP contribution in [0.25, 0.3) is 11.0 Å². The summed E-state index contributed by atoms with van der Waals surface area (Å²) < 4.78 is 0.743. The standard InChI is InChI=1S/C8H6BrClN4/c1-11-8-12-3-4-2-5(9)6(10)13-7(4)14-8/h2-3H,1H3,(H,11,12,13,14). The van der Waals surface area contributed by atoms with E-state index < -0.39 is 0 Å². The van der Waals surface area contributed by atoms with Crippen LogP contribution in [0, 0.1) is 0 Å². The summed E-state index contributed by atoms with van der Waals surface area (Å²) >= 11 is 9.13. The highest BCUT2D eigenvalue weighted by molar-refractivity contribution is 9.10. The van der Waals surface area contributed by atoms with E-state index >= 15 is 0 Å². The van der Waals surface area contributed by atoms with Crippen molar-refractivity contribution in [1.82, 2.24) is 15.0 Å². The van der Waals surface area contributed by atoms with Crippen LogP contribution in [-0.4, -0.2) is 22.0 Å². The Labute approximate surface area is 93.9 Å². The molecule has 0 unspecified atom stereocenters. The number of rotatable bonds is 1. The Morgan fingerprint density at radius 3 is 2.93 bits per heavy atom. The van der Waals surface area contributed by atoms with Crippen molar-refractivity contribution in [3.8, 4) is 0 Å². The van der Waals surface area contributed by atoms with Crippen LogP contribution < -0.4 is 5.32 Å². The zero-order chi connectivity index (χ0) is 10.1. The Morgan fingerprint density at radius 1 is 1.43 bits per heavy atom. The molecule has 0 aromatic carbocycles. The second-order valence-electron chi connectivity index (χ2n) is 2.62. The molecule has 2 rings (SSSR count). The summed E-state index contributed by atoms with van der Waals surface area (Å²) in [5, 5.41) is 4.08. The minimum Gasteiger partial charge on any atom is -0.357 e. The van der Waals surface area contributed by atoms with Gasteiger partial charge in [0.15, 0.2) is 5.65 Å². The van der Waals surface area contributed by atoms with Gasteiger partial charge in [0.1, 0.15) is 5.15 Å². The van der Waals surface area contributed by atoms with Crippen molar-refractivity contribution in [3.05, 3.63) is 21.9 Å². The molecule has 0 radical (unpaired) electrons. The lowest BCUT2D eigenvalue weighted by atomic mass is 10.3. The van der Waals surface area contributed by atoms with Crippen molar-refractivity contribution in [1.29, 1.82) is 0 Å². The molecule has 0 bridgehead atoms. The molecule has 0 aliphatic rings. The second kappa shape index (κ2) is 3.67. The maximum absolute atomic E-state index is 5.84. The smallest absolute Gasteiger partial charge is 0.224 e. The summed E-state index contributed by atoms with van der Waals surface area (Å²) in [4.78, 5) is 12.3. The largest absolute Gasteiger partial charge is 0.357 e. The van der Waals surface area contributed by atoms with Gasteiger partial charge in [-0.1, -0.05) is 11.6 Å². The number of pyridine rings is 1. The van der Waals surface area contributed by atoms with Gasteiger partial charge in [-0.05, 0) is 22.0 Å². The van der Waals surface area contributed by atoms with Crippen molar-refractivity contribution in [2.24, 2.45) is 0 Å². The third kappa shape index (κ3) is 1.65. The first kappa shape index (κ1) is 9.61. The van der Waals surface area contributed by atoms with Gasteiger partial charge in [0.25, 0.3) is 0 Å². The second-order valence-corrected chi connectivity index (χ2v) is 3.83. The maximum Gasteiger partial charge on any atom is 0.224 e. The van der Waals surface area contributed by atoms with Crippen molar-refractivity contribution in [3.63, 3.8) is 0 Å². The molecule has 2 aromatic heterocycles. The molecule has 4 nitrogen and oxygen atoms in total. The summed E-state index contributed by atoms with van der Waals surface area (Å²) in [5.74, 6) is 0.531. The number of fused-ring (bicyclic) bond motifs is 1. The number of aromatic nitrogens is 3. The molecule has 0 fully saturated rings. The van der Waals surface area contributed by atoms with Gasteiger partial charge in [-0.25, -0.2) is 9.97 Å². The van der Waals surface area contributed by atoms with E-state index in [0.29, 0.717) is 16.7 Å². The molecular formula is C8H6BrClN4. The Kier molecular flexibility index (Phi) is 2.52. The molecule has 14 heavy (non-hydrogen) atoms. The van der Waals surface area contributed by atoms with E-state index in [-0.39, 0.29) is 0 Å². The number of nitrogens with zero attached hydrogens (tertiary/aromatic N) is 3. The molecule has 0 spiro atoms. The Morgan fingerprint density at radius 2 is 2.21 bits per heavy atom. The predicted molar refractivity (Wildman–Crippen MR) is 59.6 cm³/mol. The van der Waals surface area contributed by atoms with E-state index in [9.17, 15) is 0 Å². The minimum atomic E-state index is 0.401. The van der Waals surface area contributed by atoms with Crippen molar-refractivity contribution in [2.75, 3.05) is 12.4 Å². The van der Waals surface area contributed by atoms with Crippen LogP contribution in [0.2, 0.25) is 5.15 Å². The normalized spacial score (nSPS) is 10.5. The first-order chi connectivity index (χ1) is 6.70. The van der Waals surface area contributed by atoms with E-state index in [0.717, 1.165) is 9.86 Å². The van der Waals surface area contributed by atoms with Gasteiger partial charge in [0.05, 0.1) is 4.47 Å². The van der Waals surface area contributed by atoms with Crippen LogP contribution in [0.3, 0.4) is 0 Å². The molecule has 0 amide bonds. The van der Waals surface area contributed by atoms with E-state index in [2.05, 4.69) is 36.2 Å². The summed E-state index contributed by atoms with van der Waals surface area (Å²) in [6, 6.07) is 1.84. The zero-order valence-corrected chi connectivity index (χ0v) is 9.59. The molecule has 0 atom stereocenters. The average Bonchev–Trinajstić information content (AvgIpc) is 2.19. The summed E-state index contributed by atoms with van der Waals surface area (Å²) in [7, 11) is 1.75. The Bertz CT molecular complexity index is 488. The van der Waals surface area contributed by atoms with Gasteiger partial charge in [-0.3, -0.25) is 0 Å². The van der Waals surface area contributed by atoms with E-state index in [1.165, 1.54) is 0 Å². The van der Waals surface area contributed by atoms with Crippen LogP contribution in [-0.2, 0) is 0 Å². The fourth-order valence-electron chi connectivity index (χ4n) is 1.04. The fraction of sp³-hybridized carbons (Fsp3) is 0.125. The monoisotopic (exact) mass is 272 g/mol. The SMILES string of the molecule is CNc1ncc2cc(Br)c(Cl)nc2n1. The average molecular weight is 274 g/mol. The van der Waals surface area contributed by atoms with Gasteiger partial charge in [0.2, 0.25) is 5.95 Å². The zero-order valence-electron chi connectivity index (χ0n) is 7.25. The van der Waals surface area contributed by atoms with Crippen LogP contribution in [0.5, 0.6) is 0 Å². The molecule has 0 saturated carbocycles. The predicted octanol–water partition coefficient (Wildman–Crippen LogP) is 2.48. The van der Waals surface area contributed by atoms with Crippen molar-refractivity contribution >= 4 is 44.5 Å². The summed E-state index contributed by atoms with van der Waals surface area (Å²) in [6.45, 7) is 0. The van der Waals surface area contributed by atoms with Gasteiger partial charge >= 0.3 is 0 Å². The topological polar surface area (TPSA) is 50.7 Å². The molecule has 0 aliphatic carbocycles. The number of anilines is 1. The highest BCUT2D eigenvalue weighted by atomic mass is 79.9. The van der Waals surface area contributed by atoms with Crippen LogP contribution in [0.15, 0.2) is 16.7 Å². The molecular weight excluding hydrogens is 267 g/mol. The number of hydrogen-bond acceptors (Lipinski definition) is 4. The molecule has 2 aromatic rings. The van der Waals surface area contributed by atoms with Crippen molar-refractivity contribution < 1.29 is 0 Å². The Hall–Kier alpha value is -0.940. The Balaban J connectivity index is 2.70. The number of nitrogens with one attached hydrogen (secondary N) is 1. The first-order valence-electron chi connectivity index (χ1n) is 3.87. The number of halogens is 2. The van der Waals surface area contributed by atoms with E-state index in [1.54, 1.807) is 13.2 Å². The van der Waals surface area contributed by atoms with Gasteiger partial charge in [-0.2, -0.15) is 4.98 Å². The highest BCUT2D eigenvalue weighted by Gasteiger charge is 2.04. The lowest BCUT2D eigenvalue weighted by Crippen LogP contribution is -1.97. The van der Waals surface area contributed by atoms with Gasteiger partial charge < -0.3 is 5.32 Å². The van der Waals surface area contributed by atoms with Crippen molar-refractivity contribution in [2.45, 2.75) is 0 Å². The maximum atomic E-state index is 5.84. The van der Waals surface area contributed by atoms with Crippen LogP contribution in [0.1, 0.15) is 0 Å². The molecule has 2 heterocycles. The van der Waals surface area contributed by atoms with E-state index in [1.807, 2.05) is 6.07 Å². The third-order valence-corrected chi connectivity index (χ3v) is 2.82. The third-order valence-electron chi connectivity index (χ3n) is 1.70.